The lowest BCUT2D eigenvalue weighted by atomic mass is 10.1. The van der Waals surface area contributed by atoms with Gasteiger partial charge in [-0.2, -0.15) is 0 Å². The molecule has 0 aromatic heterocycles. The summed E-state index contributed by atoms with van der Waals surface area (Å²) < 4.78 is 26.4. The summed E-state index contributed by atoms with van der Waals surface area (Å²) in [6.07, 6.45) is 0. The molecule has 1 amide bonds. The second kappa shape index (κ2) is 6.59. The Labute approximate surface area is 140 Å². The SMILES string of the molecule is Cc1ccc(C(=O)N2CCN(c3ccc(F)c(F)c3)CC2)cc1C. The number of benzene rings is 2. The Morgan fingerprint density at radius 2 is 1.58 bits per heavy atom. The van der Waals surface area contributed by atoms with Crippen molar-refractivity contribution in [3.8, 4) is 0 Å². The van der Waals surface area contributed by atoms with Crippen LogP contribution < -0.4 is 4.90 Å². The number of amides is 1. The van der Waals surface area contributed by atoms with Crippen molar-refractivity contribution in [1.29, 1.82) is 0 Å². The van der Waals surface area contributed by atoms with E-state index in [4.69, 9.17) is 0 Å². The molecule has 1 saturated heterocycles. The number of aryl methyl sites for hydroxylation is 2. The van der Waals surface area contributed by atoms with Crippen molar-refractivity contribution < 1.29 is 13.6 Å². The van der Waals surface area contributed by atoms with Gasteiger partial charge in [-0.1, -0.05) is 6.07 Å². The van der Waals surface area contributed by atoms with E-state index < -0.39 is 11.6 Å². The van der Waals surface area contributed by atoms with E-state index in [9.17, 15) is 13.6 Å². The standard InChI is InChI=1S/C19H20F2N2O/c1-13-3-4-15(11-14(13)2)19(24)23-9-7-22(8-10-23)16-5-6-17(20)18(21)12-16/h3-6,11-12H,7-10H2,1-2H3. The lowest BCUT2D eigenvalue weighted by Gasteiger charge is -2.36. The number of nitrogens with zero attached hydrogens (tertiary/aromatic N) is 2. The largest absolute Gasteiger partial charge is 0.368 e. The Morgan fingerprint density at radius 1 is 0.875 bits per heavy atom. The topological polar surface area (TPSA) is 23.6 Å². The molecule has 1 fully saturated rings. The molecule has 5 heteroatoms. The fourth-order valence-corrected chi connectivity index (χ4v) is 2.91. The smallest absolute Gasteiger partial charge is 0.253 e. The van der Waals surface area contributed by atoms with Gasteiger partial charge in [-0.05, 0) is 49.2 Å². The minimum atomic E-state index is -0.846. The third kappa shape index (κ3) is 3.25. The van der Waals surface area contributed by atoms with Gasteiger partial charge < -0.3 is 9.80 Å². The third-order valence-corrected chi connectivity index (χ3v) is 4.59. The molecule has 0 spiro atoms. The number of halogens is 2. The average molecular weight is 330 g/mol. The van der Waals surface area contributed by atoms with Crippen molar-refractivity contribution in [2.75, 3.05) is 31.1 Å². The first kappa shape index (κ1) is 16.4. The highest BCUT2D eigenvalue weighted by atomic mass is 19.2. The maximum Gasteiger partial charge on any atom is 0.253 e. The molecule has 3 nitrogen and oxygen atoms in total. The van der Waals surface area contributed by atoms with Gasteiger partial charge in [0.2, 0.25) is 0 Å². The summed E-state index contributed by atoms with van der Waals surface area (Å²) in [7, 11) is 0. The van der Waals surface area contributed by atoms with Crippen molar-refractivity contribution >= 4 is 11.6 Å². The highest BCUT2D eigenvalue weighted by Crippen LogP contribution is 2.20. The number of piperazine rings is 1. The Bertz CT molecular complexity index is 768. The van der Waals surface area contributed by atoms with Gasteiger partial charge in [-0.15, -0.1) is 0 Å². The molecular formula is C19H20F2N2O. The molecule has 3 rings (SSSR count). The van der Waals surface area contributed by atoms with Gasteiger partial charge in [0, 0.05) is 43.5 Å². The van der Waals surface area contributed by atoms with Crippen LogP contribution in [0.3, 0.4) is 0 Å². The summed E-state index contributed by atoms with van der Waals surface area (Å²) >= 11 is 0. The van der Waals surface area contributed by atoms with Crippen molar-refractivity contribution in [1.82, 2.24) is 4.90 Å². The van der Waals surface area contributed by atoms with E-state index in [1.807, 2.05) is 36.9 Å². The molecule has 0 radical (unpaired) electrons. The second-order valence-electron chi connectivity index (χ2n) is 6.18. The summed E-state index contributed by atoms with van der Waals surface area (Å²) in [6.45, 7) is 6.33. The fourth-order valence-electron chi connectivity index (χ4n) is 2.91. The predicted molar refractivity (Wildman–Crippen MR) is 90.4 cm³/mol. The van der Waals surface area contributed by atoms with E-state index in [-0.39, 0.29) is 5.91 Å². The zero-order chi connectivity index (χ0) is 17.3. The minimum Gasteiger partial charge on any atom is -0.368 e. The van der Waals surface area contributed by atoms with Crippen LogP contribution in [0.4, 0.5) is 14.5 Å². The predicted octanol–water partition coefficient (Wildman–Crippen LogP) is 3.54. The zero-order valence-corrected chi connectivity index (χ0v) is 13.9. The summed E-state index contributed by atoms with van der Waals surface area (Å²) in [5, 5.41) is 0. The van der Waals surface area contributed by atoms with Crippen LogP contribution in [0, 0.1) is 25.5 Å². The molecule has 0 saturated carbocycles. The van der Waals surface area contributed by atoms with Gasteiger partial charge in [0.25, 0.3) is 5.91 Å². The Hall–Kier alpha value is -2.43. The van der Waals surface area contributed by atoms with Crippen LogP contribution in [-0.4, -0.2) is 37.0 Å². The van der Waals surface area contributed by atoms with Crippen molar-refractivity contribution in [3.63, 3.8) is 0 Å². The van der Waals surface area contributed by atoms with Crippen LogP contribution in [-0.2, 0) is 0 Å². The van der Waals surface area contributed by atoms with Crippen LogP contribution in [0.2, 0.25) is 0 Å². The molecule has 2 aromatic carbocycles. The highest BCUT2D eigenvalue weighted by Gasteiger charge is 2.23. The fraction of sp³-hybridized carbons (Fsp3) is 0.316. The first-order valence-electron chi connectivity index (χ1n) is 8.02. The number of hydrogen-bond acceptors (Lipinski definition) is 2. The summed E-state index contributed by atoms with van der Waals surface area (Å²) in [5.41, 5.74) is 3.60. The number of carbonyl (C=O) groups is 1. The minimum absolute atomic E-state index is 0.0167. The highest BCUT2D eigenvalue weighted by molar-refractivity contribution is 5.94. The summed E-state index contributed by atoms with van der Waals surface area (Å²) in [4.78, 5) is 16.4. The molecule has 1 heterocycles. The van der Waals surface area contributed by atoms with Gasteiger partial charge in [0.05, 0.1) is 0 Å². The van der Waals surface area contributed by atoms with Crippen molar-refractivity contribution in [3.05, 3.63) is 64.7 Å². The summed E-state index contributed by atoms with van der Waals surface area (Å²) in [6, 6.07) is 9.64. The number of carbonyl (C=O) groups excluding carboxylic acids is 1. The number of rotatable bonds is 2. The van der Waals surface area contributed by atoms with Gasteiger partial charge in [-0.3, -0.25) is 4.79 Å². The van der Waals surface area contributed by atoms with E-state index in [1.165, 1.54) is 6.07 Å². The van der Waals surface area contributed by atoms with Crippen molar-refractivity contribution in [2.24, 2.45) is 0 Å². The van der Waals surface area contributed by atoms with Crippen molar-refractivity contribution in [2.45, 2.75) is 13.8 Å². The average Bonchev–Trinajstić information content (AvgIpc) is 2.59. The molecule has 2 aromatic rings. The molecule has 0 atom stereocenters. The number of anilines is 1. The first-order valence-corrected chi connectivity index (χ1v) is 8.02. The van der Waals surface area contributed by atoms with E-state index in [0.717, 1.165) is 17.2 Å². The normalized spacial score (nSPS) is 14.8. The lowest BCUT2D eigenvalue weighted by molar-refractivity contribution is 0.0746. The molecule has 1 aliphatic heterocycles. The zero-order valence-electron chi connectivity index (χ0n) is 13.9. The lowest BCUT2D eigenvalue weighted by Crippen LogP contribution is -2.48. The molecule has 0 N–H and O–H groups in total. The van der Waals surface area contributed by atoms with Crippen LogP contribution in [0.25, 0.3) is 0 Å². The molecule has 126 valence electrons. The van der Waals surface area contributed by atoms with Gasteiger partial charge >= 0.3 is 0 Å². The van der Waals surface area contributed by atoms with Crippen LogP contribution in [0.5, 0.6) is 0 Å². The number of hydrogen-bond donors (Lipinski definition) is 0. The first-order chi connectivity index (χ1) is 11.5. The van der Waals surface area contributed by atoms with Gasteiger partial charge in [0.15, 0.2) is 11.6 Å². The molecule has 1 aliphatic rings. The van der Waals surface area contributed by atoms with Crippen LogP contribution in [0.1, 0.15) is 21.5 Å². The molecule has 0 bridgehead atoms. The molecule has 0 aliphatic carbocycles. The van der Waals surface area contributed by atoms with E-state index in [0.29, 0.717) is 37.4 Å². The maximum atomic E-state index is 13.4. The van der Waals surface area contributed by atoms with Crippen LogP contribution >= 0.6 is 0 Å². The van der Waals surface area contributed by atoms with E-state index in [2.05, 4.69) is 0 Å². The van der Waals surface area contributed by atoms with Gasteiger partial charge in [0.1, 0.15) is 0 Å². The van der Waals surface area contributed by atoms with E-state index >= 15 is 0 Å². The maximum absolute atomic E-state index is 13.4. The molecular weight excluding hydrogens is 310 g/mol. The Kier molecular flexibility index (Phi) is 4.51. The summed E-state index contributed by atoms with van der Waals surface area (Å²) in [5.74, 6) is -1.67. The Morgan fingerprint density at radius 3 is 2.21 bits per heavy atom. The van der Waals surface area contributed by atoms with E-state index in [1.54, 1.807) is 11.0 Å². The van der Waals surface area contributed by atoms with Gasteiger partial charge in [-0.25, -0.2) is 8.78 Å². The Balaban J connectivity index is 1.66. The quantitative estimate of drug-likeness (QED) is 0.841. The molecule has 24 heavy (non-hydrogen) atoms. The third-order valence-electron chi connectivity index (χ3n) is 4.59. The molecule has 0 unspecified atom stereocenters. The van der Waals surface area contributed by atoms with Crippen LogP contribution in [0.15, 0.2) is 36.4 Å². The second-order valence-corrected chi connectivity index (χ2v) is 6.18. The monoisotopic (exact) mass is 330 g/mol.